The summed E-state index contributed by atoms with van der Waals surface area (Å²) < 4.78 is 57.5. The highest BCUT2D eigenvalue weighted by molar-refractivity contribution is 7.85. The number of hydrogen-bond donors (Lipinski definition) is 3. The third-order valence-electron chi connectivity index (χ3n) is 4.10. The largest absolute Gasteiger partial charge is 0.740 e. The van der Waals surface area contributed by atoms with Crippen molar-refractivity contribution in [2.45, 2.75) is 4.90 Å². The van der Waals surface area contributed by atoms with Crippen molar-refractivity contribution < 1.29 is 35.8 Å². The molecule has 144 valence electrons. The Bertz CT molecular complexity index is 1320. The number of hydrogen-bond acceptors (Lipinski definition) is 8. The second-order valence-electron chi connectivity index (χ2n) is 5.79. The van der Waals surface area contributed by atoms with Gasteiger partial charge in [0.1, 0.15) is 28.5 Å². The summed E-state index contributed by atoms with van der Waals surface area (Å²) in [7, 11) is -4.48. The molecule has 28 heavy (non-hydrogen) atoms. The first-order chi connectivity index (χ1) is 13.1. The van der Waals surface area contributed by atoms with E-state index in [1.165, 1.54) is 24.3 Å². The van der Waals surface area contributed by atoms with Gasteiger partial charge in [-0.2, -0.15) is 8.42 Å². The first kappa shape index (κ1) is 18.3. The Morgan fingerprint density at radius 1 is 1.18 bits per heavy atom. The zero-order chi connectivity index (χ0) is 20.2. The van der Waals surface area contributed by atoms with Crippen molar-refractivity contribution in [1.82, 2.24) is 4.98 Å². The lowest BCUT2D eigenvalue weighted by atomic mass is 10.1. The smallest absolute Gasteiger partial charge is 0.294 e. The van der Waals surface area contributed by atoms with Gasteiger partial charge in [-0.15, -0.1) is 0 Å². The van der Waals surface area contributed by atoms with Crippen molar-refractivity contribution in [2.24, 2.45) is 4.99 Å². The van der Waals surface area contributed by atoms with Gasteiger partial charge in [-0.05, 0) is 36.4 Å². The Morgan fingerprint density at radius 3 is 2.61 bits per heavy atom. The van der Waals surface area contributed by atoms with Crippen LogP contribution in [0.1, 0.15) is 16.1 Å². The van der Waals surface area contributed by atoms with Gasteiger partial charge in [-0.3, -0.25) is 9.35 Å². The van der Waals surface area contributed by atoms with Crippen LogP contribution in [0.5, 0.6) is 11.5 Å². The van der Waals surface area contributed by atoms with E-state index >= 15 is 0 Å². The van der Waals surface area contributed by atoms with Crippen molar-refractivity contribution in [3.05, 3.63) is 47.7 Å². The number of nitrogens with one attached hydrogen (secondary N) is 1. The number of aromatic hydroxyl groups is 1. The fourth-order valence-electron chi connectivity index (χ4n) is 2.88. The number of H-pyrrole nitrogens is 1. The molecule has 0 bridgehead atoms. The number of aliphatic imine (C=N–C) groups is 1. The maximum atomic E-state index is 12.7. The molecule has 0 aliphatic carbocycles. The van der Waals surface area contributed by atoms with Crippen LogP contribution in [-0.2, 0) is 21.5 Å². The van der Waals surface area contributed by atoms with Crippen LogP contribution in [0.15, 0.2) is 46.3 Å². The molecule has 1 aliphatic rings. The summed E-state index contributed by atoms with van der Waals surface area (Å²) in [5.41, 5.74) is 0.462. The highest BCUT2D eigenvalue weighted by Gasteiger charge is 2.30. The van der Waals surface area contributed by atoms with Crippen molar-refractivity contribution in [2.75, 3.05) is 0 Å². The first-order valence-electron chi connectivity index (χ1n) is 7.53. The monoisotopic (exact) mass is 421 g/mol. The third kappa shape index (κ3) is 2.97. The Morgan fingerprint density at radius 2 is 1.93 bits per heavy atom. The predicted molar refractivity (Wildman–Crippen MR) is 96.3 cm³/mol. The summed E-state index contributed by atoms with van der Waals surface area (Å²) in [5, 5.41) is 10.5. The number of Topliss-reactive ketones (excluding diaryl/α,β-unsaturated/α-hetero) is 1. The third-order valence-corrected chi connectivity index (χ3v) is 5.28. The van der Waals surface area contributed by atoms with Gasteiger partial charge in [-0.1, -0.05) is 0 Å². The Kier molecular flexibility index (Phi) is 4.08. The van der Waals surface area contributed by atoms with E-state index in [0.717, 1.165) is 12.1 Å². The molecule has 4 rings (SSSR count). The molecule has 0 spiro atoms. The fourth-order valence-corrected chi connectivity index (χ4v) is 3.65. The minimum absolute atomic E-state index is 0.0430. The molecule has 1 atom stereocenters. The Hall–Kier alpha value is -3.06. The molecule has 0 saturated heterocycles. The van der Waals surface area contributed by atoms with Gasteiger partial charge in [0.25, 0.3) is 10.1 Å². The van der Waals surface area contributed by atoms with Crippen LogP contribution < -0.4 is 4.18 Å². The second kappa shape index (κ2) is 6.24. The van der Waals surface area contributed by atoms with E-state index in [1.807, 2.05) is 0 Å². The highest BCUT2D eigenvalue weighted by Crippen LogP contribution is 2.37. The maximum Gasteiger partial charge on any atom is 0.294 e. The van der Waals surface area contributed by atoms with E-state index in [-0.39, 0.29) is 33.8 Å². The summed E-state index contributed by atoms with van der Waals surface area (Å²) in [6.45, 7) is 0. The Labute approximate surface area is 159 Å². The topological polar surface area (TPSA) is 169 Å². The zero-order valence-corrected chi connectivity index (χ0v) is 15.2. The molecule has 3 N–H and O–H groups in total. The van der Waals surface area contributed by atoms with Crippen LogP contribution in [0.3, 0.4) is 0 Å². The quantitative estimate of drug-likeness (QED) is 0.421. The molecule has 2 aromatic carbocycles. The number of rotatable bonds is 4. The lowest BCUT2D eigenvalue weighted by Crippen LogP contribution is -2.11. The highest BCUT2D eigenvalue weighted by atomic mass is 32.2. The summed E-state index contributed by atoms with van der Waals surface area (Å²) in [6, 6.07) is 7.43. The minimum Gasteiger partial charge on any atom is -0.740 e. The predicted octanol–water partition coefficient (Wildman–Crippen LogP) is 1.61. The molecule has 1 aromatic heterocycles. The number of nitrogens with zero attached hydrogens (tertiary/aromatic N) is 1. The number of carbonyl (C=O) groups excluding carboxylic acids is 1. The zero-order valence-electron chi connectivity index (χ0n) is 13.6. The summed E-state index contributed by atoms with van der Waals surface area (Å²) in [6.07, 6.45) is 0. The van der Waals surface area contributed by atoms with Gasteiger partial charge in [0, 0.05) is 10.9 Å². The number of fused-ring (bicyclic) bond motifs is 2. The lowest BCUT2D eigenvalue weighted by Gasteiger charge is -2.07. The standard InChI is InChI=1S/C16H10N2O8S2/c19-15-9-5-7(26-27(21)22)1-3-11(9)17-13(15)14-16(20)10-6-8(28(23,24)25)2-4-12(10)18-14/h1-6,18,20H,(H,21,22)(H,23,24,25)/p-1. The van der Waals surface area contributed by atoms with Gasteiger partial charge in [0.2, 0.25) is 5.78 Å². The van der Waals surface area contributed by atoms with Crippen LogP contribution in [-0.4, -0.2) is 43.3 Å². The molecule has 0 amide bonds. The normalized spacial score (nSPS) is 14.8. The molecule has 2 heterocycles. The molecular formula is C16H9N2O8S2-. The SMILES string of the molecule is O=C1C(c2[nH]c3ccc(S(=O)(=O)O)cc3c2O)=Nc2ccc(OS(=O)[O-])cc21. The van der Waals surface area contributed by atoms with Gasteiger partial charge in [-0.25, -0.2) is 9.20 Å². The fraction of sp³-hybridized carbons (Fsp3) is 0. The first-order valence-corrected chi connectivity index (χ1v) is 9.97. The molecule has 1 aliphatic heterocycles. The average Bonchev–Trinajstić information content (AvgIpc) is 3.11. The molecule has 0 saturated carbocycles. The van der Waals surface area contributed by atoms with Crippen LogP contribution in [0, 0.1) is 0 Å². The molecule has 0 radical (unpaired) electrons. The number of aromatic amines is 1. The van der Waals surface area contributed by atoms with Crippen molar-refractivity contribution in [1.29, 1.82) is 0 Å². The molecule has 0 fully saturated rings. The van der Waals surface area contributed by atoms with Crippen LogP contribution >= 0.6 is 0 Å². The Balaban J connectivity index is 1.79. The number of carbonyl (C=O) groups is 1. The number of benzene rings is 2. The van der Waals surface area contributed by atoms with E-state index in [9.17, 15) is 27.1 Å². The molecule has 1 unspecified atom stereocenters. The molecule has 10 nitrogen and oxygen atoms in total. The maximum absolute atomic E-state index is 12.7. The summed E-state index contributed by atoms with van der Waals surface area (Å²) in [4.78, 5) is 19.2. The lowest BCUT2D eigenvalue weighted by molar-refractivity contribution is 0.106. The van der Waals surface area contributed by atoms with Crippen LogP contribution in [0.25, 0.3) is 10.9 Å². The van der Waals surface area contributed by atoms with Crippen molar-refractivity contribution in [3.8, 4) is 11.5 Å². The minimum atomic E-state index is -4.48. The second-order valence-corrected chi connectivity index (χ2v) is 7.78. The van der Waals surface area contributed by atoms with Crippen molar-refractivity contribution in [3.63, 3.8) is 0 Å². The van der Waals surface area contributed by atoms with Gasteiger partial charge >= 0.3 is 0 Å². The molecular weight excluding hydrogens is 412 g/mol. The van der Waals surface area contributed by atoms with Gasteiger partial charge < -0.3 is 18.8 Å². The molecule has 12 heteroatoms. The van der Waals surface area contributed by atoms with E-state index < -0.39 is 37.9 Å². The van der Waals surface area contributed by atoms with Crippen LogP contribution in [0.4, 0.5) is 5.69 Å². The van der Waals surface area contributed by atoms with Crippen molar-refractivity contribution >= 4 is 49.6 Å². The van der Waals surface area contributed by atoms with E-state index in [2.05, 4.69) is 14.2 Å². The number of ketones is 1. The van der Waals surface area contributed by atoms with E-state index in [0.29, 0.717) is 5.52 Å². The molecule has 3 aromatic rings. The van der Waals surface area contributed by atoms with Gasteiger partial charge in [0.15, 0.2) is 5.75 Å². The van der Waals surface area contributed by atoms with E-state index in [4.69, 9.17) is 4.55 Å². The van der Waals surface area contributed by atoms with E-state index in [1.54, 1.807) is 0 Å². The van der Waals surface area contributed by atoms with Crippen LogP contribution in [0.2, 0.25) is 0 Å². The summed E-state index contributed by atoms with van der Waals surface area (Å²) >= 11 is -2.81. The van der Waals surface area contributed by atoms with Gasteiger partial charge in [0.05, 0.1) is 16.1 Å². The summed E-state index contributed by atoms with van der Waals surface area (Å²) in [5.74, 6) is -1.08. The average molecular weight is 421 g/mol. The number of aromatic nitrogens is 1.